The van der Waals surface area contributed by atoms with E-state index in [9.17, 15) is 0 Å². The van der Waals surface area contributed by atoms with E-state index in [1.165, 1.54) is 0 Å². The SMILES string of the molecule is CCC[C@@H](N)c1nc(-c2ccc(Br)cc2C)no1. The van der Waals surface area contributed by atoms with E-state index in [0.717, 1.165) is 28.4 Å². The monoisotopic (exact) mass is 309 g/mol. The van der Waals surface area contributed by atoms with E-state index in [0.29, 0.717) is 11.7 Å². The lowest BCUT2D eigenvalue weighted by Crippen LogP contribution is -2.09. The lowest BCUT2D eigenvalue weighted by molar-refractivity contribution is 0.348. The number of hydrogen-bond acceptors (Lipinski definition) is 4. The fourth-order valence-electron chi connectivity index (χ4n) is 1.81. The molecule has 0 radical (unpaired) electrons. The van der Waals surface area contributed by atoms with Gasteiger partial charge in [0.25, 0.3) is 0 Å². The predicted molar refractivity (Wildman–Crippen MR) is 74.0 cm³/mol. The molecular formula is C13H16BrN3O. The summed E-state index contributed by atoms with van der Waals surface area (Å²) in [6.07, 6.45) is 1.84. The Labute approximate surface area is 115 Å². The molecule has 1 heterocycles. The van der Waals surface area contributed by atoms with Gasteiger partial charge in [-0.05, 0) is 37.1 Å². The Bertz CT molecular complexity index is 539. The molecule has 0 aliphatic rings. The summed E-state index contributed by atoms with van der Waals surface area (Å²) in [6.45, 7) is 4.10. The number of rotatable bonds is 4. The molecule has 0 bridgehead atoms. The van der Waals surface area contributed by atoms with Gasteiger partial charge in [0.05, 0.1) is 6.04 Å². The van der Waals surface area contributed by atoms with Crippen LogP contribution in [0.25, 0.3) is 11.4 Å². The normalized spacial score (nSPS) is 12.7. The van der Waals surface area contributed by atoms with E-state index in [-0.39, 0.29) is 6.04 Å². The first-order chi connectivity index (χ1) is 8.61. The van der Waals surface area contributed by atoms with Crippen LogP contribution in [0.3, 0.4) is 0 Å². The van der Waals surface area contributed by atoms with Crippen LogP contribution in [-0.2, 0) is 0 Å². The van der Waals surface area contributed by atoms with E-state index >= 15 is 0 Å². The van der Waals surface area contributed by atoms with Crippen LogP contribution >= 0.6 is 15.9 Å². The fourth-order valence-corrected chi connectivity index (χ4v) is 2.28. The molecule has 4 nitrogen and oxygen atoms in total. The molecule has 1 aromatic heterocycles. The van der Waals surface area contributed by atoms with Crippen LogP contribution in [0.5, 0.6) is 0 Å². The Morgan fingerprint density at radius 3 is 2.89 bits per heavy atom. The van der Waals surface area contributed by atoms with E-state index in [4.69, 9.17) is 10.3 Å². The van der Waals surface area contributed by atoms with Gasteiger partial charge in [-0.3, -0.25) is 0 Å². The quantitative estimate of drug-likeness (QED) is 0.937. The van der Waals surface area contributed by atoms with Crippen molar-refractivity contribution >= 4 is 15.9 Å². The van der Waals surface area contributed by atoms with Crippen LogP contribution in [0.2, 0.25) is 0 Å². The Morgan fingerprint density at radius 1 is 1.44 bits per heavy atom. The third-order valence-electron chi connectivity index (χ3n) is 2.79. The number of aromatic nitrogens is 2. The maximum absolute atomic E-state index is 5.96. The maximum Gasteiger partial charge on any atom is 0.243 e. The number of hydrogen-bond donors (Lipinski definition) is 1. The zero-order valence-corrected chi connectivity index (χ0v) is 12.1. The summed E-state index contributed by atoms with van der Waals surface area (Å²) in [6, 6.07) is 5.79. The standard InChI is InChI=1S/C13H16BrN3O/c1-3-4-11(15)13-16-12(17-18-13)10-6-5-9(14)7-8(10)2/h5-7,11H,3-4,15H2,1-2H3/t11-/m1/s1. The second-order valence-corrected chi connectivity index (χ2v) is 5.23. The Morgan fingerprint density at radius 2 is 2.22 bits per heavy atom. The van der Waals surface area contributed by atoms with Crippen molar-refractivity contribution in [1.29, 1.82) is 0 Å². The average Bonchev–Trinajstić information content (AvgIpc) is 2.78. The largest absolute Gasteiger partial charge is 0.337 e. The van der Waals surface area contributed by atoms with Crippen molar-refractivity contribution in [3.63, 3.8) is 0 Å². The van der Waals surface area contributed by atoms with Crippen LogP contribution < -0.4 is 5.73 Å². The topological polar surface area (TPSA) is 64.9 Å². The lowest BCUT2D eigenvalue weighted by Gasteiger charge is -2.03. The number of aryl methyl sites for hydroxylation is 1. The Kier molecular flexibility index (Phi) is 4.14. The first kappa shape index (κ1) is 13.2. The van der Waals surface area contributed by atoms with Crippen molar-refractivity contribution in [3.8, 4) is 11.4 Å². The van der Waals surface area contributed by atoms with Crippen molar-refractivity contribution in [2.75, 3.05) is 0 Å². The highest BCUT2D eigenvalue weighted by molar-refractivity contribution is 9.10. The maximum atomic E-state index is 5.96. The van der Waals surface area contributed by atoms with Crippen molar-refractivity contribution in [3.05, 3.63) is 34.1 Å². The average molecular weight is 310 g/mol. The van der Waals surface area contributed by atoms with E-state index in [1.54, 1.807) is 0 Å². The molecule has 0 saturated heterocycles. The van der Waals surface area contributed by atoms with E-state index < -0.39 is 0 Å². The molecule has 1 atom stereocenters. The molecule has 0 unspecified atom stereocenters. The first-order valence-electron chi connectivity index (χ1n) is 5.97. The summed E-state index contributed by atoms with van der Waals surface area (Å²) in [7, 11) is 0. The van der Waals surface area contributed by atoms with Crippen molar-refractivity contribution in [1.82, 2.24) is 10.1 Å². The summed E-state index contributed by atoms with van der Waals surface area (Å²) in [5.41, 5.74) is 8.02. The van der Waals surface area contributed by atoms with Gasteiger partial charge in [0.2, 0.25) is 11.7 Å². The van der Waals surface area contributed by atoms with Gasteiger partial charge in [0.1, 0.15) is 0 Å². The zero-order valence-electron chi connectivity index (χ0n) is 10.5. The lowest BCUT2D eigenvalue weighted by atomic mass is 10.1. The molecule has 0 aliphatic heterocycles. The van der Waals surface area contributed by atoms with Crippen LogP contribution in [0.1, 0.15) is 37.3 Å². The number of halogens is 1. The van der Waals surface area contributed by atoms with Crippen molar-refractivity contribution in [2.24, 2.45) is 5.73 Å². The molecule has 18 heavy (non-hydrogen) atoms. The minimum Gasteiger partial charge on any atom is -0.337 e. The first-order valence-corrected chi connectivity index (χ1v) is 6.76. The molecular weight excluding hydrogens is 294 g/mol. The van der Waals surface area contributed by atoms with Gasteiger partial charge in [-0.25, -0.2) is 0 Å². The molecule has 0 spiro atoms. The summed E-state index contributed by atoms with van der Waals surface area (Å²) < 4.78 is 6.26. The van der Waals surface area contributed by atoms with E-state index in [2.05, 4.69) is 33.0 Å². The highest BCUT2D eigenvalue weighted by atomic mass is 79.9. The third-order valence-corrected chi connectivity index (χ3v) is 3.28. The van der Waals surface area contributed by atoms with Crippen LogP contribution in [-0.4, -0.2) is 10.1 Å². The minimum atomic E-state index is -0.174. The second-order valence-electron chi connectivity index (χ2n) is 4.31. The molecule has 2 rings (SSSR count). The molecule has 0 saturated carbocycles. The van der Waals surface area contributed by atoms with Crippen molar-refractivity contribution in [2.45, 2.75) is 32.7 Å². The number of nitrogens with zero attached hydrogens (tertiary/aromatic N) is 2. The third kappa shape index (κ3) is 2.79. The number of nitrogens with two attached hydrogens (primary N) is 1. The Balaban J connectivity index is 2.29. The van der Waals surface area contributed by atoms with Gasteiger partial charge in [0, 0.05) is 10.0 Å². The predicted octanol–water partition coefficient (Wildman–Crippen LogP) is 3.61. The van der Waals surface area contributed by atoms with E-state index in [1.807, 2.05) is 25.1 Å². The number of benzene rings is 1. The Hall–Kier alpha value is -1.20. The van der Waals surface area contributed by atoms with Gasteiger partial charge >= 0.3 is 0 Å². The summed E-state index contributed by atoms with van der Waals surface area (Å²) >= 11 is 3.43. The summed E-state index contributed by atoms with van der Waals surface area (Å²) in [5.74, 6) is 1.11. The second kappa shape index (κ2) is 5.63. The van der Waals surface area contributed by atoms with Gasteiger partial charge in [-0.15, -0.1) is 0 Å². The molecule has 5 heteroatoms. The smallest absolute Gasteiger partial charge is 0.243 e. The molecule has 0 fully saturated rings. The highest BCUT2D eigenvalue weighted by Crippen LogP contribution is 2.25. The van der Waals surface area contributed by atoms with Crippen LogP contribution in [0.4, 0.5) is 0 Å². The summed E-state index contributed by atoms with van der Waals surface area (Å²) in [4.78, 5) is 4.37. The fraction of sp³-hybridized carbons (Fsp3) is 0.385. The molecule has 1 aromatic carbocycles. The van der Waals surface area contributed by atoms with Gasteiger partial charge < -0.3 is 10.3 Å². The van der Waals surface area contributed by atoms with Crippen LogP contribution in [0, 0.1) is 6.92 Å². The highest BCUT2D eigenvalue weighted by Gasteiger charge is 2.15. The molecule has 0 aliphatic carbocycles. The van der Waals surface area contributed by atoms with Gasteiger partial charge in [-0.1, -0.05) is 34.4 Å². The molecule has 96 valence electrons. The minimum absolute atomic E-state index is 0.174. The molecule has 2 aromatic rings. The van der Waals surface area contributed by atoms with Gasteiger partial charge in [0.15, 0.2) is 0 Å². The molecule has 0 amide bonds. The zero-order chi connectivity index (χ0) is 13.1. The van der Waals surface area contributed by atoms with Crippen molar-refractivity contribution < 1.29 is 4.52 Å². The summed E-state index contributed by atoms with van der Waals surface area (Å²) in [5, 5.41) is 4.00. The molecule has 2 N–H and O–H groups in total. The van der Waals surface area contributed by atoms with Crippen LogP contribution in [0.15, 0.2) is 27.2 Å². The van der Waals surface area contributed by atoms with Gasteiger partial charge in [-0.2, -0.15) is 4.98 Å².